The first kappa shape index (κ1) is 19.5. The molecule has 0 aliphatic carbocycles. The van der Waals surface area contributed by atoms with Crippen LogP contribution in [0.2, 0.25) is 0 Å². The summed E-state index contributed by atoms with van der Waals surface area (Å²) in [5.41, 5.74) is 0.953. The molecule has 0 aliphatic heterocycles. The largest absolute Gasteiger partial charge is 0.467 e. The van der Waals surface area contributed by atoms with Crippen LogP contribution in [0.4, 0.5) is 0 Å². The number of rotatable bonds is 6. The Morgan fingerprint density at radius 3 is 2.76 bits per heavy atom. The van der Waals surface area contributed by atoms with Crippen molar-refractivity contribution < 1.29 is 9.21 Å². The molecule has 148 valence electrons. The van der Waals surface area contributed by atoms with Gasteiger partial charge in [-0.15, -0.1) is 11.3 Å². The SMILES string of the molecule is CN(Cc1ccco1)C(=O)CSc1nc2sc(-c3ccccc3)cc2c(=O)n1C. The lowest BCUT2D eigenvalue weighted by Crippen LogP contribution is -2.28. The zero-order valence-corrected chi connectivity index (χ0v) is 17.6. The van der Waals surface area contributed by atoms with Gasteiger partial charge in [-0.1, -0.05) is 42.1 Å². The normalized spacial score (nSPS) is 11.1. The Bertz CT molecular complexity index is 1200. The van der Waals surface area contributed by atoms with Gasteiger partial charge in [0.2, 0.25) is 5.91 Å². The number of fused-ring (bicyclic) bond motifs is 1. The maximum Gasteiger partial charge on any atom is 0.262 e. The van der Waals surface area contributed by atoms with Crippen molar-refractivity contribution in [3.8, 4) is 10.4 Å². The highest BCUT2D eigenvalue weighted by molar-refractivity contribution is 7.99. The van der Waals surface area contributed by atoms with Gasteiger partial charge in [0.05, 0.1) is 23.9 Å². The third kappa shape index (κ3) is 4.13. The Morgan fingerprint density at radius 1 is 1.24 bits per heavy atom. The third-order valence-corrected chi connectivity index (χ3v) is 6.61. The molecule has 0 radical (unpaired) electrons. The molecule has 4 aromatic rings. The molecule has 29 heavy (non-hydrogen) atoms. The molecule has 0 bridgehead atoms. The van der Waals surface area contributed by atoms with Gasteiger partial charge in [0.15, 0.2) is 5.16 Å². The number of hydrogen-bond acceptors (Lipinski definition) is 6. The number of amides is 1. The van der Waals surface area contributed by atoms with Gasteiger partial charge in [-0.25, -0.2) is 4.98 Å². The first-order valence-corrected chi connectivity index (χ1v) is 10.8. The summed E-state index contributed by atoms with van der Waals surface area (Å²) in [4.78, 5) is 33.2. The highest BCUT2D eigenvalue weighted by Gasteiger charge is 2.16. The van der Waals surface area contributed by atoms with E-state index in [9.17, 15) is 9.59 Å². The lowest BCUT2D eigenvalue weighted by Gasteiger charge is -2.15. The van der Waals surface area contributed by atoms with Crippen molar-refractivity contribution in [3.63, 3.8) is 0 Å². The molecule has 3 heterocycles. The molecular formula is C21H19N3O3S2. The van der Waals surface area contributed by atoms with Gasteiger partial charge in [-0.2, -0.15) is 0 Å². The van der Waals surface area contributed by atoms with E-state index in [0.29, 0.717) is 21.9 Å². The third-order valence-electron chi connectivity index (χ3n) is 4.51. The van der Waals surface area contributed by atoms with E-state index in [1.807, 2.05) is 42.5 Å². The Hall–Kier alpha value is -2.84. The van der Waals surface area contributed by atoms with Crippen molar-refractivity contribution in [2.75, 3.05) is 12.8 Å². The maximum absolute atomic E-state index is 12.8. The average Bonchev–Trinajstić information content (AvgIpc) is 3.40. The van der Waals surface area contributed by atoms with Gasteiger partial charge >= 0.3 is 0 Å². The lowest BCUT2D eigenvalue weighted by atomic mass is 10.2. The zero-order chi connectivity index (χ0) is 20.4. The summed E-state index contributed by atoms with van der Waals surface area (Å²) >= 11 is 2.75. The van der Waals surface area contributed by atoms with Crippen molar-refractivity contribution in [2.45, 2.75) is 11.7 Å². The Kier molecular flexibility index (Phi) is 5.55. The summed E-state index contributed by atoms with van der Waals surface area (Å²) in [5.74, 6) is 0.863. The van der Waals surface area contributed by atoms with Crippen LogP contribution in [0.1, 0.15) is 5.76 Å². The molecule has 0 aliphatic rings. The van der Waals surface area contributed by atoms with E-state index in [1.165, 1.54) is 27.7 Å². The molecule has 6 nitrogen and oxygen atoms in total. The van der Waals surface area contributed by atoms with Gasteiger partial charge in [0, 0.05) is 19.0 Å². The summed E-state index contributed by atoms with van der Waals surface area (Å²) in [6.07, 6.45) is 1.59. The quantitative estimate of drug-likeness (QED) is 0.345. The molecule has 1 amide bonds. The number of carbonyl (C=O) groups excluding carboxylic acids is 1. The summed E-state index contributed by atoms with van der Waals surface area (Å²) < 4.78 is 6.79. The van der Waals surface area contributed by atoms with E-state index < -0.39 is 0 Å². The standard InChI is InChI=1S/C21H19N3O3S2/c1-23(12-15-9-6-10-27-15)18(25)13-28-21-22-19-16(20(26)24(21)2)11-17(29-19)14-7-4-3-5-8-14/h3-11H,12-13H2,1-2H3. The number of furan rings is 1. The van der Waals surface area contributed by atoms with Crippen LogP contribution in [0.25, 0.3) is 20.7 Å². The summed E-state index contributed by atoms with van der Waals surface area (Å²) in [6.45, 7) is 0.406. The smallest absolute Gasteiger partial charge is 0.262 e. The fraction of sp³-hybridized carbons (Fsp3) is 0.190. The van der Waals surface area contributed by atoms with Crippen molar-refractivity contribution in [1.29, 1.82) is 0 Å². The zero-order valence-electron chi connectivity index (χ0n) is 16.0. The number of thioether (sulfide) groups is 1. The summed E-state index contributed by atoms with van der Waals surface area (Å²) in [5, 5.41) is 1.13. The Morgan fingerprint density at radius 2 is 2.03 bits per heavy atom. The number of benzene rings is 1. The second kappa shape index (κ2) is 8.26. The Balaban J connectivity index is 1.54. The van der Waals surface area contributed by atoms with E-state index in [1.54, 1.807) is 31.3 Å². The molecule has 8 heteroatoms. The lowest BCUT2D eigenvalue weighted by molar-refractivity contribution is -0.127. The number of hydrogen-bond donors (Lipinski definition) is 0. The van der Waals surface area contributed by atoms with Crippen LogP contribution in [0.3, 0.4) is 0 Å². The second-order valence-corrected chi connectivity index (χ2v) is 8.55. The van der Waals surface area contributed by atoms with Crippen LogP contribution >= 0.6 is 23.1 Å². The van der Waals surface area contributed by atoms with Crippen LogP contribution < -0.4 is 5.56 Å². The van der Waals surface area contributed by atoms with Gasteiger partial charge in [-0.3, -0.25) is 14.2 Å². The molecule has 0 N–H and O–H groups in total. The first-order valence-electron chi connectivity index (χ1n) is 8.98. The van der Waals surface area contributed by atoms with E-state index in [-0.39, 0.29) is 17.2 Å². The van der Waals surface area contributed by atoms with Crippen molar-refractivity contribution in [3.05, 3.63) is 70.9 Å². The van der Waals surface area contributed by atoms with Crippen LogP contribution in [0, 0.1) is 0 Å². The predicted molar refractivity (Wildman–Crippen MR) is 116 cm³/mol. The molecular weight excluding hydrogens is 406 g/mol. The van der Waals surface area contributed by atoms with E-state index in [4.69, 9.17) is 4.42 Å². The molecule has 0 saturated carbocycles. The summed E-state index contributed by atoms with van der Waals surface area (Å²) in [6, 6.07) is 15.4. The number of nitrogens with zero attached hydrogens (tertiary/aromatic N) is 3. The fourth-order valence-electron chi connectivity index (χ4n) is 2.88. The predicted octanol–water partition coefficient (Wildman–Crippen LogP) is 4.01. The van der Waals surface area contributed by atoms with Gasteiger partial charge in [-0.05, 0) is 23.8 Å². The van der Waals surface area contributed by atoms with Crippen LogP contribution in [0.15, 0.2) is 69.2 Å². The van der Waals surface area contributed by atoms with E-state index in [2.05, 4.69) is 4.98 Å². The minimum absolute atomic E-state index is 0.0584. The topological polar surface area (TPSA) is 68.3 Å². The molecule has 4 rings (SSSR count). The number of thiophene rings is 1. The highest BCUT2D eigenvalue weighted by atomic mass is 32.2. The summed E-state index contributed by atoms with van der Waals surface area (Å²) in [7, 11) is 3.42. The van der Waals surface area contributed by atoms with Crippen LogP contribution in [0.5, 0.6) is 0 Å². The molecule has 0 atom stereocenters. The van der Waals surface area contributed by atoms with Crippen molar-refractivity contribution in [1.82, 2.24) is 14.5 Å². The Labute approximate surface area is 175 Å². The highest BCUT2D eigenvalue weighted by Crippen LogP contribution is 2.31. The maximum atomic E-state index is 12.8. The van der Waals surface area contributed by atoms with Gasteiger partial charge < -0.3 is 9.32 Å². The van der Waals surface area contributed by atoms with E-state index >= 15 is 0 Å². The van der Waals surface area contributed by atoms with Crippen molar-refractivity contribution in [2.24, 2.45) is 7.05 Å². The van der Waals surface area contributed by atoms with Gasteiger partial charge in [0.25, 0.3) is 5.56 Å². The molecule has 0 fully saturated rings. The first-order chi connectivity index (χ1) is 14.0. The average molecular weight is 426 g/mol. The van der Waals surface area contributed by atoms with Crippen LogP contribution in [-0.2, 0) is 18.4 Å². The molecule has 0 unspecified atom stereocenters. The second-order valence-electron chi connectivity index (χ2n) is 6.57. The monoisotopic (exact) mass is 425 g/mol. The number of carbonyl (C=O) groups is 1. The molecule has 0 saturated heterocycles. The fourth-order valence-corrected chi connectivity index (χ4v) is 4.87. The molecule has 3 aromatic heterocycles. The minimum atomic E-state index is -0.104. The van der Waals surface area contributed by atoms with E-state index in [0.717, 1.165) is 16.2 Å². The van der Waals surface area contributed by atoms with Crippen LogP contribution in [-0.4, -0.2) is 33.2 Å². The molecule has 1 aromatic carbocycles. The number of aromatic nitrogens is 2. The minimum Gasteiger partial charge on any atom is -0.467 e. The molecule has 0 spiro atoms. The van der Waals surface area contributed by atoms with Crippen molar-refractivity contribution >= 4 is 39.2 Å². The van der Waals surface area contributed by atoms with Gasteiger partial charge in [0.1, 0.15) is 10.6 Å².